The monoisotopic (exact) mass is 304 g/mol. The van der Waals surface area contributed by atoms with E-state index in [1.54, 1.807) is 24.3 Å². The number of anilines is 1. The summed E-state index contributed by atoms with van der Waals surface area (Å²) in [5.74, 6) is -0.479. The second-order valence-electron chi connectivity index (χ2n) is 4.55. The number of rotatable bonds is 4. The normalized spacial score (nSPS) is 10.9. The van der Waals surface area contributed by atoms with Crippen molar-refractivity contribution in [2.75, 3.05) is 4.72 Å². The average molecular weight is 304 g/mol. The summed E-state index contributed by atoms with van der Waals surface area (Å²) in [5.41, 5.74) is 1.53. The molecule has 0 aliphatic rings. The van der Waals surface area contributed by atoms with Crippen molar-refractivity contribution in [2.24, 2.45) is 0 Å². The number of nitriles is 1. The van der Waals surface area contributed by atoms with Crippen molar-refractivity contribution in [3.8, 4) is 6.07 Å². The van der Waals surface area contributed by atoms with Gasteiger partial charge in [0.15, 0.2) is 0 Å². The molecule has 0 aliphatic heterocycles. The van der Waals surface area contributed by atoms with Crippen LogP contribution in [0.4, 0.5) is 10.1 Å². The van der Waals surface area contributed by atoms with E-state index in [2.05, 4.69) is 4.72 Å². The van der Waals surface area contributed by atoms with E-state index >= 15 is 0 Å². The number of hydrogen-bond donors (Lipinski definition) is 1. The molecule has 0 amide bonds. The lowest BCUT2D eigenvalue weighted by atomic mass is 10.1. The zero-order chi connectivity index (χ0) is 15.5. The fraction of sp³-hybridized carbons (Fsp3) is 0.133. The fourth-order valence-corrected chi connectivity index (χ4v) is 3.19. The molecule has 0 aromatic heterocycles. The van der Waals surface area contributed by atoms with Crippen LogP contribution in [0.1, 0.15) is 11.1 Å². The number of nitrogens with one attached hydrogen (secondary N) is 1. The van der Waals surface area contributed by atoms with Crippen LogP contribution in [0.2, 0.25) is 0 Å². The minimum atomic E-state index is -3.77. The Hall–Kier alpha value is -2.39. The Morgan fingerprint density at radius 2 is 1.86 bits per heavy atom. The molecule has 6 heteroatoms. The first-order valence-electron chi connectivity index (χ1n) is 6.17. The summed E-state index contributed by atoms with van der Waals surface area (Å²) in [6.07, 6.45) is 0.268. The first-order valence-corrected chi connectivity index (χ1v) is 7.65. The third-order valence-corrected chi connectivity index (χ3v) is 4.46. The van der Waals surface area contributed by atoms with Crippen LogP contribution in [-0.4, -0.2) is 8.42 Å². The number of benzene rings is 2. The van der Waals surface area contributed by atoms with Crippen LogP contribution >= 0.6 is 0 Å². The topological polar surface area (TPSA) is 70.0 Å². The molecule has 0 fully saturated rings. The van der Waals surface area contributed by atoms with Crippen LogP contribution in [-0.2, 0) is 16.4 Å². The molecule has 108 valence electrons. The molecule has 0 aliphatic carbocycles. The summed E-state index contributed by atoms with van der Waals surface area (Å²) in [6, 6.07) is 12.1. The highest BCUT2D eigenvalue weighted by Crippen LogP contribution is 2.20. The molecule has 0 saturated carbocycles. The number of aryl methyl sites for hydroxylation is 1. The van der Waals surface area contributed by atoms with E-state index in [0.717, 1.165) is 11.6 Å². The Morgan fingerprint density at radius 3 is 2.43 bits per heavy atom. The van der Waals surface area contributed by atoms with E-state index in [1.807, 2.05) is 6.07 Å². The Labute approximate surface area is 122 Å². The largest absolute Gasteiger partial charge is 0.280 e. The summed E-state index contributed by atoms with van der Waals surface area (Å²) in [6.45, 7) is 1.54. The Morgan fingerprint density at radius 1 is 1.19 bits per heavy atom. The summed E-state index contributed by atoms with van der Waals surface area (Å²) < 4.78 is 40.0. The van der Waals surface area contributed by atoms with Gasteiger partial charge in [-0.25, -0.2) is 12.8 Å². The smallest absolute Gasteiger partial charge is 0.262 e. The van der Waals surface area contributed by atoms with Crippen molar-refractivity contribution >= 4 is 15.7 Å². The molecule has 21 heavy (non-hydrogen) atoms. The Balaban J connectivity index is 2.27. The van der Waals surface area contributed by atoms with Crippen LogP contribution in [0.5, 0.6) is 0 Å². The molecular formula is C15H13FN2O2S. The fourth-order valence-electron chi connectivity index (χ4n) is 1.91. The van der Waals surface area contributed by atoms with Gasteiger partial charge in [0, 0.05) is 5.69 Å². The lowest BCUT2D eigenvalue weighted by Crippen LogP contribution is -2.14. The molecule has 2 rings (SSSR count). The molecule has 2 aromatic carbocycles. The van der Waals surface area contributed by atoms with Crippen molar-refractivity contribution in [2.45, 2.75) is 18.2 Å². The van der Waals surface area contributed by atoms with Gasteiger partial charge in [0.2, 0.25) is 0 Å². The van der Waals surface area contributed by atoms with Gasteiger partial charge in [-0.05, 0) is 48.4 Å². The van der Waals surface area contributed by atoms with E-state index in [4.69, 9.17) is 5.26 Å². The minimum absolute atomic E-state index is 0.0324. The average Bonchev–Trinajstić information content (AvgIpc) is 2.40. The third kappa shape index (κ3) is 3.58. The van der Waals surface area contributed by atoms with Gasteiger partial charge < -0.3 is 0 Å². The van der Waals surface area contributed by atoms with E-state index in [1.165, 1.54) is 19.1 Å². The molecular weight excluding hydrogens is 291 g/mol. The Bertz CT molecular complexity index is 793. The molecule has 0 heterocycles. The van der Waals surface area contributed by atoms with Crippen LogP contribution < -0.4 is 4.72 Å². The summed E-state index contributed by atoms with van der Waals surface area (Å²) in [4.78, 5) is 0.0324. The standard InChI is InChI=1S/C15H13FN2O2S/c1-11-10-13(16)4-7-15(11)21(19,20)18-14-5-2-12(3-6-14)8-9-17/h2-7,10,18H,8H2,1H3. The van der Waals surface area contributed by atoms with E-state index in [9.17, 15) is 12.8 Å². The van der Waals surface area contributed by atoms with E-state index < -0.39 is 15.8 Å². The molecule has 0 atom stereocenters. The SMILES string of the molecule is Cc1cc(F)ccc1S(=O)(=O)Nc1ccc(CC#N)cc1. The number of nitrogens with zero attached hydrogens (tertiary/aromatic N) is 1. The van der Waals surface area contributed by atoms with Gasteiger partial charge in [-0.2, -0.15) is 5.26 Å². The summed E-state index contributed by atoms with van der Waals surface area (Å²) in [5, 5.41) is 8.58. The van der Waals surface area contributed by atoms with Gasteiger partial charge in [-0.3, -0.25) is 4.72 Å². The van der Waals surface area contributed by atoms with Gasteiger partial charge in [0.1, 0.15) is 5.82 Å². The van der Waals surface area contributed by atoms with Gasteiger partial charge in [-0.1, -0.05) is 12.1 Å². The van der Waals surface area contributed by atoms with Gasteiger partial charge in [0.25, 0.3) is 10.0 Å². The lowest BCUT2D eigenvalue weighted by Gasteiger charge is -2.10. The third-order valence-electron chi connectivity index (χ3n) is 2.92. The van der Waals surface area contributed by atoms with Crippen molar-refractivity contribution in [1.82, 2.24) is 0 Å². The van der Waals surface area contributed by atoms with Gasteiger partial charge in [0.05, 0.1) is 17.4 Å². The molecule has 0 unspecified atom stereocenters. The lowest BCUT2D eigenvalue weighted by molar-refractivity contribution is 0.598. The van der Waals surface area contributed by atoms with Crippen LogP contribution in [0, 0.1) is 24.1 Å². The first kappa shape index (κ1) is 15.0. The second-order valence-corrected chi connectivity index (χ2v) is 6.20. The maximum atomic E-state index is 13.0. The van der Waals surface area contributed by atoms with Crippen molar-refractivity contribution in [1.29, 1.82) is 5.26 Å². The van der Waals surface area contributed by atoms with Crippen LogP contribution in [0.3, 0.4) is 0 Å². The van der Waals surface area contributed by atoms with E-state index in [0.29, 0.717) is 11.3 Å². The molecule has 0 bridgehead atoms. The maximum absolute atomic E-state index is 13.0. The Kier molecular flexibility index (Phi) is 4.24. The number of hydrogen-bond acceptors (Lipinski definition) is 3. The molecule has 4 nitrogen and oxygen atoms in total. The quantitative estimate of drug-likeness (QED) is 0.944. The zero-order valence-electron chi connectivity index (χ0n) is 11.3. The van der Waals surface area contributed by atoms with Gasteiger partial charge in [-0.15, -0.1) is 0 Å². The van der Waals surface area contributed by atoms with Crippen LogP contribution in [0.15, 0.2) is 47.4 Å². The zero-order valence-corrected chi connectivity index (χ0v) is 12.1. The van der Waals surface area contributed by atoms with Crippen molar-refractivity contribution in [3.63, 3.8) is 0 Å². The predicted octanol–water partition coefficient (Wildman–Crippen LogP) is 3.00. The molecule has 0 spiro atoms. The highest BCUT2D eigenvalue weighted by atomic mass is 32.2. The second kappa shape index (κ2) is 5.94. The summed E-state index contributed by atoms with van der Waals surface area (Å²) >= 11 is 0. The molecule has 0 saturated heterocycles. The molecule has 0 radical (unpaired) electrons. The van der Waals surface area contributed by atoms with E-state index in [-0.39, 0.29) is 11.3 Å². The predicted molar refractivity (Wildman–Crippen MR) is 77.7 cm³/mol. The highest BCUT2D eigenvalue weighted by Gasteiger charge is 2.17. The minimum Gasteiger partial charge on any atom is -0.280 e. The summed E-state index contributed by atoms with van der Waals surface area (Å²) in [7, 11) is -3.77. The van der Waals surface area contributed by atoms with Gasteiger partial charge >= 0.3 is 0 Å². The number of halogens is 1. The molecule has 1 N–H and O–H groups in total. The number of sulfonamides is 1. The highest BCUT2D eigenvalue weighted by molar-refractivity contribution is 7.92. The first-order chi connectivity index (χ1) is 9.92. The molecule has 2 aromatic rings. The van der Waals surface area contributed by atoms with Crippen molar-refractivity contribution in [3.05, 3.63) is 59.4 Å². The van der Waals surface area contributed by atoms with Crippen molar-refractivity contribution < 1.29 is 12.8 Å². The maximum Gasteiger partial charge on any atom is 0.262 e. The van der Waals surface area contributed by atoms with Crippen LogP contribution in [0.25, 0.3) is 0 Å².